The van der Waals surface area contributed by atoms with Gasteiger partial charge in [0.25, 0.3) is 0 Å². The molecule has 1 unspecified atom stereocenters. The molecule has 1 amide bonds. The van der Waals surface area contributed by atoms with Crippen LogP contribution in [0.5, 0.6) is 0 Å². The maximum Gasteiger partial charge on any atom is 0.228 e. The minimum absolute atomic E-state index is 0.114. The summed E-state index contributed by atoms with van der Waals surface area (Å²) in [6, 6.07) is 7.51. The fourth-order valence-corrected chi connectivity index (χ4v) is 5.18. The van der Waals surface area contributed by atoms with Crippen molar-refractivity contribution >= 4 is 27.1 Å². The first-order chi connectivity index (χ1) is 12.7. The second-order valence-corrected chi connectivity index (χ2v) is 9.55. The Bertz CT molecular complexity index is 946. The number of nitrogens with zero attached hydrogens (tertiary/aromatic N) is 3. The number of hydrogen-bond acceptors (Lipinski definition) is 5. The average Bonchev–Trinajstić information content (AvgIpc) is 3.09. The van der Waals surface area contributed by atoms with Crippen molar-refractivity contribution in [1.29, 1.82) is 0 Å². The van der Waals surface area contributed by atoms with E-state index in [1.165, 1.54) is 0 Å². The third kappa shape index (κ3) is 4.32. The van der Waals surface area contributed by atoms with Crippen LogP contribution < -0.4 is 10.2 Å². The van der Waals surface area contributed by atoms with Gasteiger partial charge in [0, 0.05) is 36.7 Å². The molecule has 146 valence electrons. The number of aryl methyl sites for hydroxylation is 1. The Balaban J connectivity index is 1.71. The van der Waals surface area contributed by atoms with E-state index in [4.69, 9.17) is 0 Å². The molecular formula is C19H26N4O3S. The van der Waals surface area contributed by atoms with Gasteiger partial charge in [0.2, 0.25) is 5.91 Å². The molecule has 1 aromatic carbocycles. The summed E-state index contributed by atoms with van der Waals surface area (Å²) >= 11 is 0. The lowest BCUT2D eigenvalue weighted by atomic mass is 10.1. The zero-order chi connectivity index (χ0) is 19.8. The van der Waals surface area contributed by atoms with E-state index in [0.717, 1.165) is 28.3 Å². The van der Waals surface area contributed by atoms with Crippen molar-refractivity contribution in [3.05, 3.63) is 41.2 Å². The molecule has 0 bridgehead atoms. The molecule has 0 aliphatic carbocycles. The summed E-state index contributed by atoms with van der Waals surface area (Å²) in [4.78, 5) is 14.5. The van der Waals surface area contributed by atoms with Gasteiger partial charge in [0.1, 0.15) is 0 Å². The molecule has 1 N–H and O–H groups in total. The van der Waals surface area contributed by atoms with Crippen LogP contribution >= 0.6 is 0 Å². The summed E-state index contributed by atoms with van der Waals surface area (Å²) in [6.45, 7) is 3.76. The zero-order valence-corrected chi connectivity index (χ0v) is 17.0. The zero-order valence-electron chi connectivity index (χ0n) is 16.2. The molecule has 0 saturated carbocycles. The van der Waals surface area contributed by atoms with Crippen LogP contribution in [0.25, 0.3) is 0 Å². The van der Waals surface area contributed by atoms with E-state index in [-0.39, 0.29) is 29.9 Å². The van der Waals surface area contributed by atoms with Crippen LogP contribution in [0.15, 0.2) is 24.3 Å². The number of rotatable bonds is 5. The maximum atomic E-state index is 12.5. The fourth-order valence-electron chi connectivity index (χ4n) is 3.49. The number of carbonyl (C=O) groups excluding carboxylic acids is 1. The highest BCUT2D eigenvalue weighted by Gasteiger charge is 2.31. The molecule has 1 aromatic heterocycles. The van der Waals surface area contributed by atoms with Gasteiger partial charge in [-0.3, -0.25) is 9.48 Å². The minimum atomic E-state index is -2.98. The molecule has 1 aliphatic heterocycles. The second kappa shape index (κ2) is 7.34. The second-order valence-electron chi connectivity index (χ2n) is 7.32. The largest absolute Gasteiger partial charge is 0.378 e. The summed E-state index contributed by atoms with van der Waals surface area (Å²) in [6.07, 6.45) is 0.792. The highest BCUT2D eigenvalue weighted by molar-refractivity contribution is 7.91. The third-order valence-corrected chi connectivity index (χ3v) is 6.78. The van der Waals surface area contributed by atoms with Gasteiger partial charge in [-0.15, -0.1) is 0 Å². The normalized spacial score (nSPS) is 18.4. The van der Waals surface area contributed by atoms with Crippen molar-refractivity contribution in [2.45, 2.75) is 32.7 Å². The number of aromatic nitrogens is 2. The van der Waals surface area contributed by atoms with Crippen LogP contribution in [-0.2, 0) is 21.1 Å². The van der Waals surface area contributed by atoms with Gasteiger partial charge >= 0.3 is 0 Å². The third-order valence-electron chi connectivity index (χ3n) is 5.03. The van der Waals surface area contributed by atoms with Crippen LogP contribution in [0.1, 0.15) is 29.4 Å². The number of nitrogens with one attached hydrogen (secondary N) is 1. The first-order valence-corrected chi connectivity index (χ1v) is 10.8. The molecule has 2 aromatic rings. The van der Waals surface area contributed by atoms with Gasteiger partial charge in [-0.2, -0.15) is 5.10 Å². The smallest absolute Gasteiger partial charge is 0.228 e. The van der Waals surface area contributed by atoms with E-state index in [1.54, 1.807) is 4.68 Å². The van der Waals surface area contributed by atoms with E-state index < -0.39 is 9.84 Å². The van der Waals surface area contributed by atoms with Crippen LogP contribution in [0.4, 0.5) is 11.4 Å². The van der Waals surface area contributed by atoms with Gasteiger partial charge < -0.3 is 10.2 Å². The Morgan fingerprint density at radius 3 is 2.48 bits per heavy atom. The standard InChI is InChI=1S/C19H26N4O3S/c1-13-18(14(2)23(21-13)17-9-10-27(25,26)12-17)11-19(24)20-15-5-7-16(8-6-15)22(3)4/h5-8,17H,9-12H2,1-4H3,(H,20,24). The molecule has 3 rings (SSSR count). The molecule has 0 spiro atoms. The lowest BCUT2D eigenvalue weighted by molar-refractivity contribution is -0.115. The molecule has 1 fully saturated rings. The van der Waals surface area contributed by atoms with Crippen molar-refractivity contribution in [1.82, 2.24) is 9.78 Å². The van der Waals surface area contributed by atoms with E-state index in [9.17, 15) is 13.2 Å². The highest BCUT2D eigenvalue weighted by atomic mass is 32.2. The highest BCUT2D eigenvalue weighted by Crippen LogP contribution is 2.27. The molecule has 0 radical (unpaired) electrons. The van der Waals surface area contributed by atoms with Crippen molar-refractivity contribution in [2.75, 3.05) is 35.8 Å². The van der Waals surface area contributed by atoms with Crippen LogP contribution in [0, 0.1) is 13.8 Å². The quantitative estimate of drug-likeness (QED) is 0.845. The number of sulfone groups is 1. The van der Waals surface area contributed by atoms with Crippen molar-refractivity contribution in [2.24, 2.45) is 0 Å². The summed E-state index contributed by atoms with van der Waals surface area (Å²) in [5.74, 6) is 0.213. The summed E-state index contributed by atoms with van der Waals surface area (Å²) in [7, 11) is 0.948. The maximum absolute atomic E-state index is 12.5. The minimum Gasteiger partial charge on any atom is -0.378 e. The van der Waals surface area contributed by atoms with E-state index in [2.05, 4.69) is 10.4 Å². The van der Waals surface area contributed by atoms with Gasteiger partial charge in [0.15, 0.2) is 9.84 Å². The first-order valence-electron chi connectivity index (χ1n) is 8.98. The molecule has 1 saturated heterocycles. The van der Waals surface area contributed by atoms with Crippen molar-refractivity contribution < 1.29 is 13.2 Å². The Labute approximate surface area is 160 Å². The van der Waals surface area contributed by atoms with Crippen LogP contribution in [0.2, 0.25) is 0 Å². The topological polar surface area (TPSA) is 84.3 Å². The summed E-state index contributed by atoms with van der Waals surface area (Å²) in [5.41, 5.74) is 4.31. The summed E-state index contributed by atoms with van der Waals surface area (Å²) < 4.78 is 25.3. The van der Waals surface area contributed by atoms with Crippen LogP contribution in [-0.4, -0.2) is 49.7 Å². The predicted molar refractivity (Wildman–Crippen MR) is 107 cm³/mol. The van der Waals surface area contributed by atoms with Crippen molar-refractivity contribution in [3.63, 3.8) is 0 Å². The van der Waals surface area contributed by atoms with E-state index in [1.807, 2.05) is 57.1 Å². The summed E-state index contributed by atoms with van der Waals surface area (Å²) in [5, 5.41) is 7.43. The molecule has 2 heterocycles. The van der Waals surface area contributed by atoms with E-state index >= 15 is 0 Å². The number of hydrogen-bond donors (Lipinski definition) is 1. The Morgan fingerprint density at radius 1 is 1.26 bits per heavy atom. The number of anilines is 2. The molecule has 1 aliphatic rings. The molecular weight excluding hydrogens is 364 g/mol. The average molecular weight is 391 g/mol. The molecule has 8 heteroatoms. The molecule has 7 nitrogen and oxygen atoms in total. The Hall–Kier alpha value is -2.35. The van der Waals surface area contributed by atoms with Crippen LogP contribution in [0.3, 0.4) is 0 Å². The SMILES string of the molecule is Cc1nn(C2CCS(=O)(=O)C2)c(C)c1CC(=O)Nc1ccc(N(C)C)cc1. The Morgan fingerprint density at radius 2 is 1.93 bits per heavy atom. The van der Waals surface area contributed by atoms with Gasteiger partial charge in [-0.05, 0) is 44.5 Å². The molecule has 1 atom stereocenters. The fraction of sp³-hybridized carbons (Fsp3) is 0.474. The monoisotopic (exact) mass is 390 g/mol. The number of carbonyl (C=O) groups is 1. The van der Waals surface area contributed by atoms with Gasteiger partial charge in [0.05, 0.1) is 29.7 Å². The van der Waals surface area contributed by atoms with Crippen molar-refractivity contribution in [3.8, 4) is 0 Å². The van der Waals surface area contributed by atoms with E-state index in [0.29, 0.717) is 6.42 Å². The lowest BCUT2D eigenvalue weighted by Crippen LogP contribution is -2.17. The van der Waals surface area contributed by atoms with Gasteiger partial charge in [-0.1, -0.05) is 0 Å². The lowest BCUT2D eigenvalue weighted by Gasteiger charge is -2.13. The molecule has 27 heavy (non-hydrogen) atoms. The first kappa shape index (κ1) is 19.4. The van der Waals surface area contributed by atoms with Gasteiger partial charge in [-0.25, -0.2) is 8.42 Å². The Kier molecular flexibility index (Phi) is 5.28. The predicted octanol–water partition coefficient (Wildman–Crippen LogP) is 2.11. The number of amides is 1. The number of benzene rings is 1.